The summed E-state index contributed by atoms with van der Waals surface area (Å²) in [6, 6.07) is 2.23. The summed E-state index contributed by atoms with van der Waals surface area (Å²) >= 11 is 3.17. The quantitative estimate of drug-likeness (QED) is 0.880. The molecule has 1 aliphatic rings. The van der Waals surface area contributed by atoms with E-state index in [2.05, 4.69) is 34.4 Å². The van der Waals surface area contributed by atoms with Crippen LogP contribution in [-0.2, 0) is 0 Å². The van der Waals surface area contributed by atoms with Crippen molar-refractivity contribution < 1.29 is 4.79 Å². The van der Waals surface area contributed by atoms with Crippen molar-refractivity contribution in [2.45, 2.75) is 32.7 Å². The summed E-state index contributed by atoms with van der Waals surface area (Å²) in [5.41, 5.74) is 0. The summed E-state index contributed by atoms with van der Waals surface area (Å²) in [7, 11) is 0. The van der Waals surface area contributed by atoms with Crippen LogP contribution in [0.5, 0.6) is 0 Å². The SMILES string of the molecule is CCN(CC)c1nc2sc(C(=O)NC3CCCNC3)cc2s1. The Kier molecular flexibility index (Phi) is 4.95. The molecule has 0 radical (unpaired) electrons. The van der Waals surface area contributed by atoms with Crippen LogP contribution in [0.1, 0.15) is 36.4 Å². The topological polar surface area (TPSA) is 57.3 Å². The third kappa shape index (κ3) is 3.26. The standard InChI is InChI=1S/C15H22N4OS2/c1-3-19(4-2)15-18-14-12(22-15)8-11(21-14)13(20)17-10-6-5-7-16-9-10/h8,10,16H,3-7,9H2,1-2H3,(H,17,20). The molecule has 0 saturated carbocycles. The maximum Gasteiger partial charge on any atom is 0.261 e. The molecule has 0 spiro atoms. The molecule has 0 aliphatic carbocycles. The lowest BCUT2D eigenvalue weighted by Crippen LogP contribution is -2.45. The van der Waals surface area contributed by atoms with Gasteiger partial charge in [-0.1, -0.05) is 11.3 Å². The van der Waals surface area contributed by atoms with Crippen LogP contribution < -0.4 is 15.5 Å². The molecular weight excluding hydrogens is 316 g/mol. The highest BCUT2D eigenvalue weighted by Gasteiger charge is 2.19. The smallest absolute Gasteiger partial charge is 0.261 e. The predicted octanol–water partition coefficient (Wildman–Crippen LogP) is 2.69. The highest BCUT2D eigenvalue weighted by atomic mass is 32.1. The average Bonchev–Trinajstić information content (AvgIpc) is 3.08. The second-order valence-electron chi connectivity index (χ2n) is 5.47. The van der Waals surface area contributed by atoms with Gasteiger partial charge < -0.3 is 15.5 Å². The molecule has 0 bridgehead atoms. The minimum Gasteiger partial charge on any atom is -0.349 e. The first-order valence-corrected chi connectivity index (χ1v) is 9.51. The Balaban J connectivity index is 1.71. The summed E-state index contributed by atoms with van der Waals surface area (Å²) in [5.74, 6) is 0.0355. The number of hydrogen-bond acceptors (Lipinski definition) is 6. The van der Waals surface area contributed by atoms with Gasteiger partial charge in [-0.2, -0.15) is 0 Å². The summed E-state index contributed by atoms with van der Waals surface area (Å²) < 4.78 is 1.11. The molecule has 1 unspecified atom stereocenters. The lowest BCUT2D eigenvalue weighted by Gasteiger charge is -2.23. The van der Waals surface area contributed by atoms with E-state index in [9.17, 15) is 4.79 Å². The average molecular weight is 339 g/mol. The number of fused-ring (bicyclic) bond motifs is 1. The number of nitrogens with zero attached hydrogens (tertiary/aromatic N) is 2. The third-order valence-electron chi connectivity index (χ3n) is 3.97. The first kappa shape index (κ1) is 15.7. The first-order chi connectivity index (χ1) is 10.7. The fourth-order valence-corrected chi connectivity index (χ4v) is 4.94. The number of thiazole rings is 1. The van der Waals surface area contributed by atoms with E-state index in [1.54, 1.807) is 11.3 Å². The summed E-state index contributed by atoms with van der Waals surface area (Å²) in [4.78, 5) is 21.0. The molecule has 2 aromatic heterocycles. The van der Waals surface area contributed by atoms with Crippen molar-refractivity contribution in [1.82, 2.24) is 15.6 Å². The first-order valence-electron chi connectivity index (χ1n) is 7.88. The monoisotopic (exact) mass is 338 g/mol. The maximum absolute atomic E-state index is 12.3. The van der Waals surface area contributed by atoms with Crippen LogP contribution in [0.3, 0.4) is 0 Å². The Bertz CT molecular complexity index is 610. The van der Waals surface area contributed by atoms with Crippen molar-refractivity contribution in [1.29, 1.82) is 0 Å². The van der Waals surface area contributed by atoms with Crippen molar-refractivity contribution in [2.75, 3.05) is 31.1 Å². The van der Waals surface area contributed by atoms with Gasteiger partial charge in [0.25, 0.3) is 5.91 Å². The van der Waals surface area contributed by atoms with Crippen molar-refractivity contribution in [3.63, 3.8) is 0 Å². The zero-order valence-electron chi connectivity index (χ0n) is 13.0. The minimum absolute atomic E-state index is 0.0355. The van der Waals surface area contributed by atoms with Crippen molar-refractivity contribution in [3.05, 3.63) is 10.9 Å². The number of nitrogens with one attached hydrogen (secondary N) is 2. The molecule has 3 heterocycles. The zero-order valence-corrected chi connectivity index (χ0v) is 14.6. The maximum atomic E-state index is 12.3. The second kappa shape index (κ2) is 6.93. The van der Waals surface area contributed by atoms with Crippen molar-refractivity contribution in [2.24, 2.45) is 0 Å². The fourth-order valence-electron chi connectivity index (χ4n) is 2.70. The van der Waals surface area contributed by atoms with E-state index in [0.717, 1.165) is 58.6 Å². The Morgan fingerprint density at radius 3 is 2.91 bits per heavy atom. The number of hydrogen-bond donors (Lipinski definition) is 2. The molecule has 1 atom stereocenters. The van der Waals surface area contributed by atoms with Gasteiger partial charge in [0.1, 0.15) is 4.83 Å². The molecule has 2 aromatic rings. The van der Waals surface area contributed by atoms with Crippen molar-refractivity contribution in [3.8, 4) is 0 Å². The number of piperidine rings is 1. The second-order valence-corrected chi connectivity index (χ2v) is 7.51. The van der Waals surface area contributed by atoms with E-state index in [1.165, 1.54) is 11.3 Å². The van der Waals surface area contributed by atoms with Gasteiger partial charge in [-0.25, -0.2) is 4.98 Å². The van der Waals surface area contributed by atoms with Gasteiger partial charge in [-0.15, -0.1) is 11.3 Å². The molecular formula is C15H22N4OS2. The van der Waals surface area contributed by atoms with Crippen LogP contribution in [0.25, 0.3) is 9.53 Å². The molecule has 0 aromatic carbocycles. The van der Waals surface area contributed by atoms with E-state index in [-0.39, 0.29) is 11.9 Å². The van der Waals surface area contributed by atoms with E-state index < -0.39 is 0 Å². The fraction of sp³-hybridized carbons (Fsp3) is 0.600. The van der Waals surface area contributed by atoms with Gasteiger partial charge in [0, 0.05) is 25.7 Å². The Labute approximate surface area is 138 Å². The molecule has 1 fully saturated rings. The van der Waals surface area contributed by atoms with E-state index in [1.807, 2.05) is 6.07 Å². The number of thiophene rings is 1. The Hall–Kier alpha value is -1.18. The Morgan fingerprint density at radius 2 is 2.27 bits per heavy atom. The van der Waals surface area contributed by atoms with Crippen LogP contribution in [0.4, 0.5) is 5.13 Å². The van der Waals surface area contributed by atoms with Crippen molar-refractivity contribution >= 4 is 43.2 Å². The minimum atomic E-state index is 0.0355. The Morgan fingerprint density at radius 1 is 1.45 bits per heavy atom. The zero-order chi connectivity index (χ0) is 15.5. The number of amides is 1. The van der Waals surface area contributed by atoms with Crippen LogP contribution in [0.2, 0.25) is 0 Å². The lowest BCUT2D eigenvalue weighted by molar-refractivity contribution is 0.0935. The van der Waals surface area contributed by atoms with E-state index in [4.69, 9.17) is 0 Å². The van der Waals surface area contributed by atoms with E-state index >= 15 is 0 Å². The van der Waals surface area contributed by atoms with Crippen LogP contribution in [-0.4, -0.2) is 43.1 Å². The van der Waals surface area contributed by atoms with Gasteiger partial charge in [-0.3, -0.25) is 4.79 Å². The van der Waals surface area contributed by atoms with Gasteiger partial charge in [-0.05, 0) is 39.3 Å². The molecule has 1 saturated heterocycles. The van der Waals surface area contributed by atoms with Crippen LogP contribution >= 0.6 is 22.7 Å². The van der Waals surface area contributed by atoms with E-state index in [0.29, 0.717) is 0 Å². The molecule has 120 valence electrons. The number of anilines is 1. The largest absolute Gasteiger partial charge is 0.349 e. The third-order valence-corrected chi connectivity index (χ3v) is 6.19. The molecule has 1 amide bonds. The number of carbonyl (C=O) groups excluding carboxylic acids is 1. The summed E-state index contributed by atoms with van der Waals surface area (Å²) in [6.45, 7) is 8.11. The molecule has 7 heteroatoms. The van der Waals surface area contributed by atoms with Crippen LogP contribution in [0, 0.1) is 0 Å². The number of rotatable bonds is 5. The number of aromatic nitrogens is 1. The predicted molar refractivity (Wildman–Crippen MR) is 94.4 cm³/mol. The normalized spacial score (nSPS) is 18.5. The molecule has 22 heavy (non-hydrogen) atoms. The van der Waals surface area contributed by atoms with Gasteiger partial charge >= 0.3 is 0 Å². The summed E-state index contributed by atoms with van der Waals surface area (Å²) in [5, 5.41) is 7.49. The molecule has 3 rings (SSSR count). The molecule has 2 N–H and O–H groups in total. The summed E-state index contributed by atoms with van der Waals surface area (Å²) in [6.07, 6.45) is 2.18. The van der Waals surface area contributed by atoms with Gasteiger partial charge in [0.15, 0.2) is 5.13 Å². The van der Waals surface area contributed by atoms with Gasteiger partial charge in [0.05, 0.1) is 9.58 Å². The van der Waals surface area contributed by atoms with Gasteiger partial charge in [0.2, 0.25) is 0 Å². The van der Waals surface area contributed by atoms with Crippen LogP contribution in [0.15, 0.2) is 6.07 Å². The highest BCUT2D eigenvalue weighted by molar-refractivity contribution is 7.29. The lowest BCUT2D eigenvalue weighted by atomic mass is 10.1. The highest BCUT2D eigenvalue weighted by Crippen LogP contribution is 2.34. The number of carbonyl (C=O) groups is 1. The molecule has 5 nitrogen and oxygen atoms in total. The molecule has 1 aliphatic heterocycles.